The molecule has 4 aliphatic heterocycles. The van der Waals surface area contributed by atoms with Gasteiger partial charge in [0.15, 0.2) is 29.1 Å². The Morgan fingerprint density at radius 1 is 0.328 bits per heavy atom. The van der Waals surface area contributed by atoms with E-state index in [4.69, 9.17) is 39.5 Å². The molecule has 0 spiro atoms. The van der Waals surface area contributed by atoms with Crippen LogP contribution in [0.4, 0.5) is 46.0 Å². The molecular weight excluding hydrogens is 1710 g/mol. The number of nitrogens with one attached hydrogen (secondary N) is 3. The van der Waals surface area contributed by atoms with E-state index < -0.39 is 23.6 Å². The van der Waals surface area contributed by atoms with Gasteiger partial charge >= 0.3 is 0 Å². The zero-order valence-electron chi connectivity index (χ0n) is 72.8. The first-order valence-corrected chi connectivity index (χ1v) is 41.7. The number of Topliss-reactive ketones (excluding diaryl/α,β-unsaturated/α-hetero) is 1. The van der Waals surface area contributed by atoms with E-state index in [0.717, 1.165) is 22.3 Å². The number of primary amides is 4. The van der Waals surface area contributed by atoms with Gasteiger partial charge in [-0.1, -0.05) is 165 Å². The van der Waals surface area contributed by atoms with Crippen LogP contribution in [-0.2, 0) is 44.9 Å². The minimum absolute atomic E-state index is 0.000977. The highest BCUT2D eigenvalue weighted by molar-refractivity contribution is 6.14. The van der Waals surface area contributed by atoms with Gasteiger partial charge in [-0.25, -0.2) is 39.9 Å². The number of aryl methyl sites for hydroxylation is 4. The van der Waals surface area contributed by atoms with Gasteiger partial charge in [0.2, 0.25) is 23.6 Å². The van der Waals surface area contributed by atoms with Crippen LogP contribution >= 0.6 is 0 Å². The van der Waals surface area contributed by atoms with Crippen LogP contribution in [-0.4, -0.2) is 150 Å². The van der Waals surface area contributed by atoms with E-state index in [-0.39, 0.29) is 150 Å². The second-order valence-corrected chi connectivity index (χ2v) is 30.8. The van der Waals surface area contributed by atoms with Crippen molar-refractivity contribution >= 4 is 117 Å². The summed E-state index contributed by atoms with van der Waals surface area (Å²) in [5, 5.41) is 18.5. The summed E-state index contributed by atoms with van der Waals surface area (Å²) in [6.07, 6.45) is 1.53. The zero-order chi connectivity index (χ0) is 95.6. The Bertz CT molecular complexity index is 6900. The number of benzene rings is 8. The minimum atomic E-state index is -0.755. The number of hydrogen-bond donors (Lipinski definition) is 7. The number of unbranched alkanes of at least 4 members (excludes halogenated alkanes) is 1. The SMILES string of the molecule is CC(=O)c1cccc(N2C(=O)Cc3c(C(N)=O)nc(-c4ccc(C)cc4)nc32)c1.Cc1ccc(-c2nc(C(N)=O)c3c(n2)N(c2cccc(C(=O)NCCCCN=[N+]=[N-])c2)C(=O)C3)cc1.Cc1ccc(-c2nc(C(N)=O)c3c(n2)N(c2cccc(C(=O)NCCCN=[N+]=[N-])c2)C(=O)C3)cc1.Cc1ccc(-c2nc(C(N)=O)c3c(n2)N(c2cccc(C(=O)NCCN=[N+]=[N-])c2)C(=O)C3)cc1. The molecule has 0 fully saturated rings. The number of hydrogen-bond acceptors (Lipinski definition) is 23. The number of carbonyl (C=O) groups is 12. The quantitative estimate of drug-likeness (QED) is 0.00787. The summed E-state index contributed by atoms with van der Waals surface area (Å²) >= 11 is 0. The van der Waals surface area contributed by atoms with E-state index in [1.807, 2.05) is 125 Å². The van der Waals surface area contributed by atoms with E-state index in [2.05, 4.69) is 85.9 Å². The monoisotopic (exact) mass is 1800 g/mol. The summed E-state index contributed by atoms with van der Waals surface area (Å²) in [4.78, 5) is 199. The van der Waals surface area contributed by atoms with E-state index in [9.17, 15) is 57.5 Å². The Kier molecular flexibility index (Phi) is 29.4. The number of rotatable bonds is 28. The Morgan fingerprint density at radius 3 is 0.843 bits per heavy atom. The highest BCUT2D eigenvalue weighted by atomic mass is 16.2. The van der Waals surface area contributed by atoms with Gasteiger partial charge in [-0.05, 0) is 137 Å². The van der Waals surface area contributed by atoms with Gasteiger partial charge in [0.05, 0.1) is 48.4 Å². The highest BCUT2D eigenvalue weighted by Gasteiger charge is 2.40. The molecule has 0 radical (unpaired) electrons. The zero-order valence-corrected chi connectivity index (χ0v) is 72.8. The van der Waals surface area contributed by atoms with E-state index >= 15 is 0 Å². The Labute approximate surface area is 763 Å². The van der Waals surface area contributed by atoms with Gasteiger partial charge in [-0.2, -0.15) is 0 Å². The predicted octanol–water partition coefficient (Wildman–Crippen LogP) is 12.6. The average molecular weight is 1800 g/mol. The molecule has 4 aliphatic rings. The molecule has 0 atom stereocenters. The van der Waals surface area contributed by atoms with Crippen molar-refractivity contribution in [1.29, 1.82) is 0 Å². The van der Waals surface area contributed by atoms with E-state index in [1.165, 1.54) is 26.5 Å². The molecule has 40 nitrogen and oxygen atoms in total. The van der Waals surface area contributed by atoms with Gasteiger partial charge < -0.3 is 38.9 Å². The van der Waals surface area contributed by atoms with Gasteiger partial charge in [0, 0.05) is 121 Å². The number of nitrogens with two attached hydrogens (primary N) is 4. The molecule has 0 unspecified atom stereocenters. The minimum Gasteiger partial charge on any atom is -0.364 e. The summed E-state index contributed by atoms with van der Waals surface area (Å²) in [6, 6.07) is 56.2. The molecule has 11 amide bonds. The molecule has 0 aliphatic carbocycles. The molecule has 40 heteroatoms. The first-order chi connectivity index (χ1) is 64.5. The van der Waals surface area contributed by atoms with Crippen molar-refractivity contribution in [3.05, 3.63) is 315 Å². The topological polar surface area (TPSA) is 607 Å². The maximum Gasteiger partial charge on any atom is 0.267 e. The lowest BCUT2D eigenvalue weighted by atomic mass is 10.1. The Balaban J connectivity index is 0.000000152. The molecule has 4 aromatic heterocycles. The van der Waals surface area contributed by atoms with Crippen LogP contribution in [0.2, 0.25) is 0 Å². The molecule has 8 aromatic carbocycles. The van der Waals surface area contributed by atoms with Crippen LogP contribution < -0.4 is 58.5 Å². The molecule has 672 valence electrons. The first-order valence-electron chi connectivity index (χ1n) is 41.7. The molecule has 11 N–H and O–H groups in total. The Morgan fingerprint density at radius 2 is 0.575 bits per heavy atom. The normalized spacial score (nSPS) is 12.3. The number of ketones is 1. The van der Waals surface area contributed by atoms with Crippen LogP contribution in [0.3, 0.4) is 0 Å². The highest BCUT2D eigenvalue weighted by Crippen LogP contribution is 2.43. The molecule has 16 rings (SSSR count). The fourth-order valence-electron chi connectivity index (χ4n) is 14.6. The summed E-state index contributed by atoms with van der Waals surface area (Å²) in [5.41, 5.74) is 59.0. The fraction of sp³-hybridized carbons (Fsp3) is 0.191. The maximum atomic E-state index is 13.0. The average Bonchev–Trinajstić information content (AvgIpc) is 1.61. The van der Waals surface area contributed by atoms with Crippen LogP contribution in [0.1, 0.15) is 154 Å². The second-order valence-electron chi connectivity index (χ2n) is 30.8. The van der Waals surface area contributed by atoms with Crippen LogP contribution in [0, 0.1) is 27.7 Å². The van der Waals surface area contributed by atoms with Gasteiger partial charge in [0.25, 0.3) is 41.4 Å². The molecular formula is C94H84N28O12. The number of anilines is 8. The first kappa shape index (κ1) is 93.5. The van der Waals surface area contributed by atoms with Crippen LogP contribution in [0.15, 0.2) is 209 Å². The van der Waals surface area contributed by atoms with Gasteiger partial charge in [-0.15, -0.1) is 0 Å². The maximum absolute atomic E-state index is 13.0. The van der Waals surface area contributed by atoms with E-state index in [1.54, 1.807) is 97.1 Å². The van der Waals surface area contributed by atoms with Crippen molar-refractivity contribution in [2.45, 2.75) is 79.6 Å². The van der Waals surface area contributed by atoms with Gasteiger partial charge in [0.1, 0.15) is 46.0 Å². The van der Waals surface area contributed by atoms with E-state index in [0.29, 0.717) is 140 Å². The number of amides is 11. The van der Waals surface area contributed by atoms with Crippen molar-refractivity contribution in [2.75, 3.05) is 58.9 Å². The lowest BCUT2D eigenvalue weighted by molar-refractivity contribution is -0.117. The summed E-state index contributed by atoms with van der Waals surface area (Å²) in [5.74, 6) is -3.09. The lowest BCUT2D eigenvalue weighted by Crippen LogP contribution is -2.26. The van der Waals surface area contributed by atoms with Gasteiger partial charge in [-0.3, -0.25) is 77.1 Å². The molecule has 12 aromatic rings. The third-order valence-corrected chi connectivity index (χ3v) is 21.3. The van der Waals surface area contributed by atoms with Crippen LogP contribution in [0.5, 0.6) is 0 Å². The second kappa shape index (κ2) is 42.2. The third-order valence-electron chi connectivity index (χ3n) is 21.3. The molecule has 0 saturated heterocycles. The van der Waals surface area contributed by atoms with Crippen molar-refractivity contribution in [3.63, 3.8) is 0 Å². The summed E-state index contributed by atoms with van der Waals surface area (Å²) in [7, 11) is 0. The van der Waals surface area contributed by atoms with Crippen molar-refractivity contribution in [2.24, 2.45) is 38.3 Å². The largest absolute Gasteiger partial charge is 0.364 e. The number of fused-ring (bicyclic) bond motifs is 4. The third kappa shape index (κ3) is 21.6. The molecule has 0 saturated carbocycles. The van der Waals surface area contributed by atoms with Crippen molar-refractivity contribution in [1.82, 2.24) is 55.8 Å². The fourth-order valence-corrected chi connectivity index (χ4v) is 14.6. The molecule has 134 heavy (non-hydrogen) atoms. The smallest absolute Gasteiger partial charge is 0.267 e. The summed E-state index contributed by atoms with van der Waals surface area (Å²) < 4.78 is 0. The number of carbonyl (C=O) groups excluding carboxylic acids is 12. The molecule has 0 bridgehead atoms. The van der Waals surface area contributed by atoms with Crippen LogP contribution in [0.25, 0.3) is 76.9 Å². The Hall–Kier alpha value is -18.2. The number of nitrogens with zero attached hydrogens (tertiary/aromatic N) is 21. The standard InChI is InChI=1S/C25H24N8O3.C24H22N8O3.C23H20N8O3.C22H18N4O3/c1-15-7-9-16(10-8-15)23-30-21(22(26)35)19-14-20(34)33(24(19)31-23)18-6-4-5-17(13-18)25(36)28-11-2-3-12-29-32-27;1-14-6-8-15(9-7-14)22-29-20(21(25)34)18-13-19(33)32(23(18)30-22)17-5-2-4-16(12-17)24(35)27-10-3-11-28-31-26;1-13-5-7-14(8-6-13)21-28-19(20(24)33)17-12-18(32)31(22(17)29-21)16-4-2-3-15(11-16)23(34)26-9-10-27-30-25;1-12-6-8-14(9-7-12)21-24-19(20(23)29)17-11-18(28)26(22(17)25-21)16-5-3-4-15(10-16)13(2)27/h4-10,13H,2-3,11-12,14H2,1H3,(H2,26,35)(H,28,36);2,4-9,12H,3,10-11,13H2,1H3,(H2,25,34)(H,27,35);2-8,11H,9-10,12H2,1H3,(H2,24,33)(H,26,34);3-10H,11H2,1-2H3,(H2,23,29). The van der Waals surface area contributed by atoms with Crippen molar-refractivity contribution < 1.29 is 57.5 Å². The predicted molar refractivity (Wildman–Crippen MR) is 495 cm³/mol. The van der Waals surface area contributed by atoms with Crippen molar-refractivity contribution in [3.8, 4) is 45.6 Å². The number of azide groups is 3. The number of aromatic nitrogens is 8. The summed E-state index contributed by atoms with van der Waals surface area (Å²) in [6.45, 7) is 11.0. The molecule has 8 heterocycles. The lowest BCUT2D eigenvalue weighted by Gasteiger charge is -2.18.